The topological polar surface area (TPSA) is 52.6 Å². The first-order valence-electron chi connectivity index (χ1n) is 2.30. The fraction of sp³-hybridized carbons (Fsp3) is 0.500. The van der Waals surface area contributed by atoms with E-state index in [9.17, 15) is 22.9 Å². The van der Waals surface area contributed by atoms with Crippen LogP contribution in [0.25, 0.3) is 0 Å². The van der Waals surface area contributed by atoms with Crippen molar-refractivity contribution < 1.29 is 32.6 Å². The van der Waals surface area contributed by atoms with Gasteiger partial charge >= 0.3 is 18.0 Å². The van der Waals surface area contributed by atoms with Crippen molar-refractivity contribution in [2.45, 2.75) is 13.0 Å². The lowest BCUT2D eigenvalue weighted by molar-refractivity contribution is -0.265. The van der Waals surface area contributed by atoms with E-state index in [0.717, 1.165) is 0 Å². The molecule has 0 aliphatic carbocycles. The Morgan fingerprint density at radius 3 is 2.09 bits per heavy atom. The van der Waals surface area contributed by atoms with Crippen molar-refractivity contribution in [1.29, 1.82) is 0 Å². The molecule has 0 heterocycles. The van der Waals surface area contributed by atoms with Gasteiger partial charge in [0.05, 0.1) is 0 Å². The molecule has 0 unspecified atom stereocenters. The summed E-state index contributed by atoms with van der Waals surface area (Å²) >= 11 is 0. The van der Waals surface area contributed by atoms with Gasteiger partial charge in [0.1, 0.15) is 0 Å². The van der Waals surface area contributed by atoms with Crippen molar-refractivity contribution >= 4 is 11.9 Å². The molecule has 0 aromatic heterocycles. The minimum absolute atomic E-state index is 0.638. The van der Waals surface area contributed by atoms with E-state index in [0.29, 0.717) is 6.92 Å². The van der Waals surface area contributed by atoms with Gasteiger partial charge in [0.25, 0.3) is 0 Å². The van der Waals surface area contributed by atoms with Gasteiger partial charge < -0.3 is 4.74 Å². The van der Waals surface area contributed by atoms with Gasteiger partial charge in [-0.3, -0.25) is 4.79 Å². The summed E-state index contributed by atoms with van der Waals surface area (Å²) in [5, 5.41) is 0. The molecular formula is C4H3F3O4. The fourth-order valence-electron chi connectivity index (χ4n) is 0.267. The number of esters is 1. The van der Waals surface area contributed by atoms with E-state index in [1.807, 2.05) is 0 Å². The van der Waals surface area contributed by atoms with Crippen molar-refractivity contribution in [3.8, 4) is 0 Å². The van der Waals surface area contributed by atoms with Crippen molar-refractivity contribution in [2.24, 2.45) is 0 Å². The standard InChI is InChI=1S/C4H3F3O4/c1-2(8)10-4(5,6)3(9)11-7/h1H3. The third kappa shape index (κ3) is 2.87. The Bertz CT molecular complexity index is 178. The molecule has 0 aliphatic rings. The molecule has 0 amide bonds. The molecule has 11 heavy (non-hydrogen) atoms. The van der Waals surface area contributed by atoms with Gasteiger partial charge in [-0.25, -0.2) is 9.74 Å². The van der Waals surface area contributed by atoms with E-state index in [-0.39, 0.29) is 0 Å². The van der Waals surface area contributed by atoms with Crippen molar-refractivity contribution in [3.05, 3.63) is 0 Å². The van der Waals surface area contributed by atoms with Crippen LogP contribution in [-0.4, -0.2) is 18.0 Å². The largest absolute Gasteiger partial charge is 0.507 e. The van der Waals surface area contributed by atoms with Gasteiger partial charge in [0.15, 0.2) is 0 Å². The molecule has 4 nitrogen and oxygen atoms in total. The number of ether oxygens (including phenoxy) is 1. The molecule has 0 aromatic rings. The molecule has 0 aliphatic heterocycles. The third-order valence-corrected chi connectivity index (χ3v) is 0.580. The van der Waals surface area contributed by atoms with Gasteiger partial charge in [0, 0.05) is 11.4 Å². The van der Waals surface area contributed by atoms with E-state index >= 15 is 0 Å². The summed E-state index contributed by atoms with van der Waals surface area (Å²) in [6.07, 6.45) is -4.55. The zero-order chi connectivity index (χ0) is 9.07. The summed E-state index contributed by atoms with van der Waals surface area (Å²) in [5.74, 6) is -3.98. The predicted molar refractivity (Wildman–Crippen MR) is 23.9 cm³/mol. The molecule has 0 N–H and O–H groups in total. The maximum atomic E-state index is 11.9. The highest BCUT2D eigenvalue weighted by atomic mass is 19.3. The summed E-state index contributed by atoms with van der Waals surface area (Å²) in [7, 11) is 0. The van der Waals surface area contributed by atoms with Crippen LogP contribution in [0.3, 0.4) is 0 Å². The molecule has 0 saturated carbocycles. The molecule has 7 heteroatoms. The Morgan fingerprint density at radius 1 is 1.36 bits per heavy atom. The number of hydrogen-bond donors (Lipinski definition) is 0. The lowest BCUT2D eigenvalue weighted by Crippen LogP contribution is -2.33. The van der Waals surface area contributed by atoms with E-state index in [4.69, 9.17) is 0 Å². The second kappa shape index (κ2) is 3.22. The molecule has 0 spiro atoms. The summed E-state index contributed by atoms with van der Waals surface area (Å²) in [5.41, 5.74) is 0. The summed E-state index contributed by atoms with van der Waals surface area (Å²) in [6.45, 7) is 0.638. The lowest BCUT2D eigenvalue weighted by Gasteiger charge is -2.09. The zero-order valence-corrected chi connectivity index (χ0v) is 5.27. The van der Waals surface area contributed by atoms with E-state index in [2.05, 4.69) is 9.68 Å². The molecule has 0 aromatic carbocycles. The van der Waals surface area contributed by atoms with Crippen molar-refractivity contribution in [3.63, 3.8) is 0 Å². The second-order valence-electron chi connectivity index (χ2n) is 1.48. The first-order valence-corrected chi connectivity index (χ1v) is 2.30. The average Bonchev–Trinajstić information content (AvgIpc) is 1.83. The molecule has 0 atom stereocenters. The van der Waals surface area contributed by atoms with Gasteiger partial charge in [-0.1, -0.05) is 0 Å². The summed E-state index contributed by atoms with van der Waals surface area (Å²) in [6, 6.07) is 0. The SMILES string of the molecule is CC(=O)OC(F)(F)C(=O)OF. The van der Waals surface area contributed by atoms with Gasteiger partial charge in [-0.15, -0.1) is 0 Å². The number of halogens is 3. The van der Waals surface area contributed by atoms with Gasteiger partial charge in [-0.05, 0) is 0 Å². The second-order valence-corrected chi connectivity index (χ2v) is 1.48. The highest BCUT2D eigenvalue weighted by Gasteiger charge is 2.46. The first-order chi connectivity index (χ1) is 4.90. The van der Waals surface area contributed by atoms with Crippen LogP contribution < -0.4 is 0 Å². The summed E-state index contributed by atoms with van der Waals surface area (Å²) < 4.78 is 37.7. The number of carbonyl (C=O) groups is 2. The van der Waals surface area contributed by atoms with Crippen LogP contribution in [0.4, 0.5) is 13.3 Å². The maximum absolute atomic E-state index is 11.9. The fourth-order valence-corrected chi connectivity index (χ4v) is 0.267. The van der Waals surface area contributed by atoms with Crippen LogP contribution in [0.1, 0.15) is 6.92 Å². The number of alkyl halides is 2. The Kier molecular flexibility index (Phi) is 2.85. The molecule has 0 bridgehead atoms. The minimum atomic E-state index is -4.55. The quantitative estimate of drug-likeness (QED) is 0.571. The average molecular weight is 172 g/mol. The Hall–Kier alpha value is -1.27. The van der Waals surface area contributed by atoms with Crippen LogP contribution in [0.5, 0.6) is 0 Å². The number of carbonyl (C=O) groups excluding carboxylic acids is 2. The number of hydrogen-bond acceptors (Lipinski definition) is 4. The van der Waals surface area contributed by atoms with Gasteiger partial charge in [0.2, 0.25) is 0 Å². The third-order valence-electron chi connectivity index (χ3n) is 0.580. The Labute approximate surface area is 58.8 Å². The van der Waals surface area contributed by atoms with Crippen molar-refractivity contribution in [2.75, 3.05) is 0 Å². The van der Waals surface area contributed by atoms with Crippen LogP contribution in [-0.2, 0) is 19.3 Å². The normalized spacial score (nSPS) is 10.5. The molecule has 0 radical (unpaired) electrons. The molecule has 0 fully saturated rings. The zero-order valence-electron chi connectivity index (χ0n) is 5.27. The lowest BCUT2D eigenvalue weighted by atomic mass is 10.6. The molecule has 0 rings (SSSR count). The van der Waals surface area contributed by atoms with E-state index < -0.39 is 18.0 Å². The highest BCUT2D eigenvalue weighted by molar-refractivity contribution is 5.79. The smallest absolute Gasteiger partial charge is 0.392 e. The first kappa shape index (κ1) is 9.73. The molecule has 0 saturated heterocycles. The van der Waals surface area contributed by atoms with E-state index in [1.54, 1.807) is 0 Å². The Morgan fingerprint density at radius 2 is 1.82 bits per heavy atom. The Balaban J connectivity index is 4.21. The van der Waals surface area contributed by atoms with Crippen LogP contribution >= 0.6 is 0 Å². The highest BCUT2D eigenvalue weighted by Crippen LogP contribution is 2.17. The van der Waals surface area contributed by atoms with E-state index in [1.165, 1.54) is 0 Å². The van der Waals surface area contributed by atoms with Gasteiger partial charge in [-0.2, -0.15) is 8.78 Å². The number of rotatable bonds is 2. The summed E-state index contributed by atoms with van der Waals surface area (Å²) in [4.78, 5) is 21.7. The van der Waals surface area contributed by atoms with Crippen LogP contribution in [0.15, 0.2) is 0 Å². The van der Waals surface area contributed by atoms with Crippen LogP contribution in [0.2, 0.25) is 0 Å². The molecular weight excluding hydrogens is 169 g/mol. The molecule has 64 valence electrons. The van der Waals surface area contributed by atoms with Crippen molar-refractivity contribution in [1.82, 2.24) is 0 Å². The minimum Gasteiger partial charge on any atom is -0.392 e. The van der Waals surface area contributed by atoms with Crippen LogP contribution in [0, 0.1) is 0 Å². The monoisotopic (exact) mass is 172 g/mol. The maximum Gasteiger partial charge on any atom is 0.507 e. The predicted octanol–water partition coefficient (Wildman–Crippen LogP) is 0.570.